The maximum atomic E-state index is 11.7. The molecule has 0 amide bonds. The Bertz CT molecular complexity index is 437. The monoisotopic (exact) mass is 244 g/mol. The van der Waals surface area contributed by atoms with Crippen LogP contribution < -0.4 is 0 Å². The molecule has 0 fully saturated rings. The van der Waals surface area contributed by atoms with E-state index in [9.17, 15) is 8.42 Å². The van der Waals surface area contributed by atoms with Crippen LogP contribution in [-0.2, 0) is 14.3 Å². The summed E-state index contributed by atoms with van der Waals surface area (Å²) in [6.07, 6.45) is -0.266. The molecule has 16 heavy (non-hydrogen) atoms. The van der Waals surface area contributed by atoms with Crippen molar-refractivity contribution in [2.24, 2.45) is 0 Å². The molecule has 1 aromatic rings. The fourth-order valence-electron chi connectivity index (χ4n) is 1.23. The number of benzene rings is 1. The number of rotatable bonds is 5. The van der Waals surface area contributed by atoms with Crippen LogP contribution in [0.4, 0.5) is 0 Å². The second-order valence-corrected chi connectivity index (χ2v) is 5.26. The molecule has 0 spiro atoms. The van der Waals surface area contributed by atoms with Crippen molar-refractivity contribution in [2.75, 3.05) is 6.61 Å². The lowest BCUT2D eigenvalue weighted by molar-refractivity contribution is 0.157. The Balaban J connectivity index is 2.75. The van der Waals surface area contributed by atoms with Gasteiger partial charge in [-0.2, -0.15) is 8.42 Å². The molecule has 1 aromatic carbocycles. The molecular formula is C11H16O4S. The van der Waals surface area contributed by atoms with E-state index in [1.54, 1.807) is 32.0 Å². The Morgan fingerprint density at radius 2 is 2.00 bits per heavy atom. The number of aliphatic hydroxyl groups is 1. The van der Waals surface area contributed by atoms with Crippen molar-refractivity contribution >= 4 is 10.1 Å². The molecule has 90 valence electrons. The molecule has 4 nitrogen and oxygen atoms in total. The Hall–Kier alpha value is -0.910. The van der Waals surface area contributed by atoms with Gasteiger partial charge in [0, 0.05) is 0 Å². The minimum atomic E-state index is -3.70. The largest absolute Gasteiger partial charge is 0.393 e. The van der Waals surface area contributed by atoms with E-state index in [4.69, 9.17) is 9.29 Å². The van der Waals surface area contributed by atoms with E-state index in [-0.39, 0.29) is 11.5 Å². The lowest BCUT2D eigenvalue weighted by atomic mass is 10.2. The molecule has 0 saturated carbocycles. The summed E-state index contributed by atoms with van der Waals surface area (Å²) in [4.78, 5) is 0.181. The highest BCUT2D eigenvalue weighted by atomic mass is 32.2. The van der Waals surface area contributed by atoms with Crippen molar-refractivity contribution in [3.05, 3.63) is 29.8 Å². The molecule has 5 heteroatoms. The van der Waals surface area contributed by atoms with Crippen LogP contribution in [0, 0.1) is 6.92 Å². The maximum Gasteiger partial charge on any atom is 0.297 e. The van der Waals surface area contributed by atoms with E-state index in [2.05, 4.69) is 0 Å². The van der Waals surface area contributed by atoms with Crippen molar-refractivity contribution in [1.29, 1.82) is 0 Å². The highest BCUT2D eigenvalue weighted by molar-refractivity contribution is 7.86. The third-order valence-corrected chi connectivity index (χ3v) is 3.61. The molecule has 0 aromatic heterocycles. The molecule has 0 aliphatic heterocycles. The minimum absolute atomic E-state index is 0.00562. The van der Waals surface area contributed by atoms with Crippen molar-refractivity contribution < 1.29 is 17.7 Å². The molecule has 0 saturated heterocycles. The van der Waals surface area contributed by atoms with E-state index in [1.165, 1.54) is 6.07 Å². The molecular weight excluding hydrogens is 228 g/mol. The molecule has 0 heterocycles. The second-order valence-electron chi connectivity index (χ2n) is 3.68. The summed E-state index contributed by atoms with van der Waals surface area (Å²) in [5, 5.41) is 9.00. The van der Waals surface area contributed by atoms with Gasteiger partial charge < -0.3 is 5.11 Å². The molecule has 0 radical (unpaired) electrons. The summed E-state index contributed by atoms with van der Waals surface area (Å²) in [6.45, 7) is 3.29. The second kappa shape index (κ2) is 5.43. The van der Waals surface area contributed by atoms with E-state index >= 15 is 0 Å². The summed E-state index contributed by atoms with van der Waals surface area (Å²) >= 11 is 0. The molecule has 1 atom stereocenters. The minimum Gasteiger partial charge on any atom is -0.393 e. The van der Waals surface area contributed by atoms with Gasteiger partial charge >= 0.3 is 0 Å². The van der Waals surface area contributed by atoms with Crippen LogP contribution in [0.1, 0.15) is 18.9 Å². The van der Waals surface area contributed by atoms with E-state index in [1.807, 2.05) is 0 Å². The maximum absolute atomic E-state index is 11.7. The summed E-state index contributed by atoms with van der Waals surface area (Å²) in [6, 6.07) is 6.64. The molecule has 1 N–H and O–H groups in total. The molecule has 1 unspecified atom stereocenters. The fraction of sp³-hybridized carbons (Fsp3) is 0.455. The van der Waals surface area contributed by atoms with Crippen molar-refractivity contribution in [3.63, 3.8) is 0 Å². The summed E-state index contributed by atoms with van der Waals surface area (Å²) in [5.74, 6) is 0. The van der Waals surface area contributed by atoms with Crippen LogP contribution in [0.15, 0.2) is 29.2 Å². The number of aliphatic hydroxyl groups excluding tert-OH is 1. The smallest absolute Gasteiger partial charge is 0.297 e. The average molecular weight is 244 g/mol. The average Bonchev–Trinajstić information content (AvgIpc) is 2.17. The first-order valence-electron chi connectivity index (χ1n) is 5.06. The third kappa shape index (κ3) is 3.59. The van der Waals surface area contributed by atoms with E-state index < -0.39 is 16.2 Å². The van der Waals surface area contributed by atoms with Gasteiger partial charge in [0.1, 0.15) is 0 Å². The Kier molecular flexibility index (Phi) is 4.46. The normalized spacial score (nSPS) is 13.7. The summed E-state index contributed by atoms with van der Waals surface area (Å²) in [5.41, 5.74) is 0.652. The van der Waals surface area contributed by atoms with Crippen LogP contribution in [0.5, 0.6) is 0 Å². The SMILES string of the molecule is Cc1ccccc1S(=O)(=O)OCCC(C)O. The molecule has 0 aliphatic rings. The standard InChI is InChI=1S/C11H16O4S/c1-9-5-3-4-6-11(9)16(13,14)15-8-7-10(2)12/h3-6,10,12H,7-8H2,1-2H3. The van der Waals surface area contributed by atoms with Crippen molar-refractivity contribution in [2.45, 2.75) is 31.3 Å². The van der Waals surface area contributed by atoms with Gasteiger partial charge in [-0.1, -0.05) is 18.2 Å². The van der Waals surface area contributed by atoms with Gasteiger partial charge in [-0.3, -0.25) is 4.18 Å². The first-order valence-corrected chi connectivity index (χ1v) is 6.47. The van der Waals surface area contributed by atoms with Crippen molar-refractivity contribution in [3.8, 4) is 0 Å². The van der Waals surface area contributed by atoms with Gasteiger partial charge in [-0.15, -0.1) is 0 Å². The highest BCUT2D eigenvalue weighted by Gasteiger charge is 2.17. The third-order valence-electron chi connectivity index (χ3n) is 2.14. The van der Waals surface area contributed by atoms with Crippen LogP contribution in [-0.4, -0.2) is 26.2 Å². The Morgan fingerprint density at radius 1 is 1.38 bits per heavy atom. The number of hydrogen-bond donors (Lipinski definition) is 1. The summed E-state index contributed by atoms with van der Waals surface area (Å²) in [7, 11) is -3.70. The zero-order chi connectivity index (χ0) is 12.2. The van der Waals surface area contributed by atoms with Gasteiger partial charge in [0.25, 0.3) is 10.1 Å². The van der Waals surface area contributed by atoms with Crippen LogP contribution >= 0.6 is 0 Å². The van der Waals surface area contributed by atoms with E-state index in [0.717, 1.165) is 0 Å². The van der Waals surface area contributed by atoms with Gasteiger partial charge in [0.05, 0.1) is 17.6 Å². The van der Waals surface area contributed by atoms with Crippen LogP contribution in [0.25, 0.3) is 0 Å². The molecule has 0 bridgehead atoms. The van der Waals surface area contributed by atoms with Gasteiger partial charge in [0.2, 0.25) is 0 Å². The Labute approximate surface area is 96.0 Å². The zero-order valence-electron chi connectivity index (χ0n) is 9.38. The first kappa shape index (κ1) is 13.2. The molecule has 0 aliphatic carbocycles. The lowest BCUT2D eigenvalue weighted by Gasteiger charge is -2.08. The van der Waals surface area contributed by atoms with Crippen LogP contribution in [0.3, 0.4) is 0 Å². The predicted molar refractivity (Wildman–Crippen MR) is 60.6 cm³/mol. The first-order chi connectivity index (χ1) is 7.43. The predicted octanol–water partition coefficient (Wildman–Crippen LogP) is 1.47. The number of hydrogen-bond acceptors (Lipinski definition) is 4. The number of aryl methyl sites for hydroxylation is 1. The summed E-state index contributed by atoms with van der Waals surface area (Å²) < 4.78 is 28.3. The van der Waals surface area contributed by atoms with Crippen molar-refractivity contribution in [1.82, 2.24) is 0 Å². The van der Waals surface area contributed by atoms with Gasteiger partial charge in [-0.25, -0.2) is 0 Å². The Morgan fingerprint density at radius 3 is 2.56 bits per heavy atom. The topological polar surface area (TPSA) is 63.6 Å². The van der Waals surface area contributed by atoms with Gasteiger partial charge in [0.15, 0.2) is 0 Å². The molecule has 1 rings (SSSR count). The quantitative estimate of drug-likeness (QED) is 0.797. The fourth-order valence-corrected chi connectivity index (χ4v) is 2.38. The van der Waals surface area contributed by atoms with Gasteiger partial charge in [-0.05, 0) is 31.9 Å². The van der Waals surface area contributed by atoms with Crippen LogP contribution in [0.2, 0.25) is 0 Å². The van der Waals surface area contributed by atoms with E-state index in [0.29, 0.717) is 12.0 Å². The highest BCUT2D eigenvalue weighted by Crippen LogP contribution is 2.16. The zero-order valence-corrected chi connectivity index (χ0v) is 10.2. The lowest BCUT2D eigenvalue weighted by Crippen LogP contribution is -2.12.